The molecule has 0 aliphatic heterocycles. The molecule has 1 rings (SSSR count). The van der Waals surface area contributed by atoms with Gasteiger partial charge in [0.1, 0.15) is 6.10 Å². The van der Waals surface area contributed by atoms with Crippen molar-refractivity contribution in [2.45, 2.75) is 26.5 Å². The van der Waals surface area contributed by atoms with Gasteiger partial charge >= 0.3 is 0 Å². The van der Waals surface area contributed by atoms with Gasteiger partial charge in [0.2, 0.25) is 0 Å². The van der Waals surface area contributed by atoms with Gasteiger partial charge in [0.25, 0.3) is 5.91 Å². The van der Waals surface area contributed by atoms with Gasteiger partial charge in [-0.25, -0.2) is 0 Å². The molecule has 1 atom stereocenters. The van der Waals surface area contributed by atoms with Crippen LogP contribution in [0.4, 0.5) is 5.69 Å². The van der Waals surface area contributed by atoms with E-state index in [1.807, 2.05) is 25.1 Å². The number of benzene rings is 1. The summed E-state index contributed by atoms with van der Waals surface area (Å²) in [6.07, 6.45) is -0.457. The fourth-order valence-corrected chi connectivity index (χ4v) is 1.27. The van der Waals surface area contributed by atoms with Crippen molar-refractivity contribution in [3.05, 3.63) is 29.3 Å². The van der Waals surface area contributed by atoms with E-state index in [1.54, 1.807) is 6.92 Å². The average molecular weight is 222 g/mol. The third-order valence-electron chi connectivity index (χ3n) is 2.52. The molecule has 0 aliphatic carbocycles. The van der Waals surface area contributed by atoms with Crippen molar-refractivity contribution in [3.63, 3.8) is 0 Å². The number of hydrogen-bond acceptors (Lipinski definition) is 3. The Kier molecular flexibility index (Phi) is 4.46. The summed E-state index contributed by atoms with van der Waals surface area (Å²) in [5.41, 5.74) is 8.34. The van der Waals surface area contributed by atoms with Gasteiger partial charge in [-0.3, -0.25) is 4.79 Å². The summed E-state index contributed by atoms with van der Waals surface area (Å²) >= 11 is 0. The maximum atomic E-state index is 11.6. The molecule has 0 saturated heterocycles. The molecule has 88 valence electrons. The minimum absolute atomic E-state index is 0.153. The van der Waals surface area contributed by atoms with E-state index < -0.39 is 6.10 Å². The summed E-state index contributed by atoms with van der Waals surface area (Å²) in [7, 11) is 1.51. The van der Waals surface area contributed by atoms with E-state index in [2.05, 4.69) is 5.32 Å². The Morgan fingerprint density at radius 3 is 2.81 bits per heavy atom. The quantitative estimate of drug-likeness (QED) is 0.810. The highest BCUT2D eigenvalue weighted by Crippen LogP contribution is 2.17. The zero-order chi connectivity index (χ0) is 12.1. The second-order valence-electron chi connectivity index (χ2n) is 3.72. The molecule has 16 heavy (non-hydrogen) atoms. The van der Waals surface area contributed by atoms with Gasteiger partial charge in [0, 0.05) is 19.3 Å². The largest absolute Gasteiger partial charge is 0.372 e. The number of nitrogens with two attached hydrogens (primary N) is 1. The molecule has 0 bridgehead atoms. The highest BCUT2D eigenvalue weighted by Gasteiger charge is 2.12. The fourth-order valence-electron chi connectivity index (χ4n) is 1.27. The summed E-state index contributed by atoms with van der Waals surface area (Å²) in [4.78, 5) is 11.6. The number of rotatable bonds is 4. The lowest BCUT2D eigenvalue weighted by Gasteiger charge is -2.13. The molecule has 1 aromatic rings. The number of carbonyl (C=O) groups is 1. The lowest BCUT2D eigenvalue weighted by molar-refractivity contribution is -0.124. The summed E-state index contributed by atoms with van der Waals surface area (Å²) in [5, 5.41) is 2.82. The van der Waals surface area contributed by atoms with Crippen molar-refractivity contribution >= 4 is 11.6 Å². The van der Waals surface area contributed by atoms with Gasteiger partial charge < -0.3 is 15.8 Å². The molecule has 4 nitrogen and oxygen atoms in total. The number of aryl methyl sites for hydroxylation is 1. The van der Waals surface area contributed by atoms with Crippen molar-refractivity contribution in [3.8, 4) is 0 Å². The number of methoxy groups -OCH3 is 1. The molecule has 0 spiro atoms. The first kappa shape index (κ1) is 12.7. The third kappa shape index (κ3) is 3.05. The van der Waals surface area contributed by atoms with Crippen LogP contribution in [0.5, 0.6) is 0 Å². The van der Waals surface area contributed by atoms with Crippen molar-refractivity contribution in [2.24, 2.45) is 5.73 Å². The Morgan fingerprint density at radius 2 is 2.25 bits per heavy atom. The number of carbonyl (C=O) groups excluding carboxylic acids is 1. The molecule has 4 heteroatoms. The normalized spacial score (nSPS) is 12.2. The lowest BCUT2D eigenvalue weighted by atomic mass is 10.1. The number of nitrogens with one attached hydrogen (secondary N) is 1. The molecule has 0 radical (unpaired) electrons. The second-order valence-corrected chi connectivity index (χ2v) is 3.72. The topological polar surface area (TPSA) is 64.3 Å². The zero-order valence-electron chi connectivity index (χ0n) is 9.91. The van der Waals surface area contributed by atoms with Gasteiger partial charge in [-0.2, -0.15) is 0 Å². The minimum Gasteiger partial charge on any atom is -0.372 e. The molecule has 1 unspecified atom stereocenters. The molecule has 0 aliphatic rings. The number of ether oxygens (including phenoxy) is 1. The Balaban J connectivity index is 2.83. The lowest BCUT2D eigenvalue weighted by Crippen LogP contribution is -2.26. The highest BCUT2D eigenvalue weighted by atomic mass is 16.5. The monoisotopic (exact) mass is 222 g/mol. The zero-order valence-corrected chi connectivity index (χ0v) is 9.91. The highest BCUT2D eigenvalue weighted by molar-refractivity contribution is 5.94. The van der Waals surface area contributed by atoms with Crippen LogP contribution in [0.15, 0.2) is 18.2 Å². The van der Waals surface area contributed by atoms with Gasteiger partial charge in [0.05, 0.1) is 0 Å². The number of amides is 1. The molecular weight excluding hydrogens is 204 g/mol. The Hall–Kier alpha value is -1.39. The minimum atomic E-state index is -0.457. The smallest absolute Gasteiger partial charge is 0.253 e. The second kappa shape index (κ2) is 5.63. The molecule has 1 amide bonds. The maximum Gasteiger partial charge on any atom is 0.253 e. The van der Waals surface area contributed by atoms with E-state index in [1.165, 1.54) is 7.11 Å². The van der Waals surface area contributed by atoms with Gasteiger partial charge in [0.15, 0.2) is 0 Å². The maximum absolute atomic E-state index is 11.6. The van der Waals surface area contributed by atoms with E-state index in [9.17, 15) is 4.79 Å². The molecule has 0 heterocycles. The van der Waals surface area contributed by atoms with Crippen LogP contribution in [0.25, 0.3) is 0 Å². The van der Waals surface area contributed by atoms with Crippen LogP contribution in [0.3, 0.4) is 0 Å². The van der Waals surface area contributed by atoms with Crippen LogP contribution in [-0.4, -0.2) is 19.1 Å². The van der Waals surface area contributed by atoms with E-state index in [0.29, 0.717) is 6.54 Å². The van der Waals surface area contributed by atoms with Crippen LogP contribution in [-0.2, 0) is 16.1 Å². The molecule has 1 aromatic carbocycles. The molecular formula is C12H18N2O2. The standard InChI is InChI=1S/C12H18N2O2/c1-8-4-5-10(7-13)6-11(8)14-12(15)9(2)16-3/h4-6,9H,7,13H2,1-3H3,(H,14,15). The van der Waals surface area contributed by atoms with Crippen molar-refractivity contribution < 1.29 is 9.53 Å². The first-order valence-corrected chi connectivity index (χ1v) is 5.21. The van der Waals surface area contributed by atoms with E-state index in [-0.39, 0.29) is 5.91 Å². The summed E-state index contributed by atoms with van der Waals surface area (Å²) in [5.74, 6) is -0.153. The fraction of sp³-hybridized carbons (Fsp3) is 0.417. The predicted octanol–water partition coefficient (Wildman–Crippen LogP) is 1.43. The van der Waals surface area contributed by atoms with Crippen LogP contribution in [0.1, 0.15) is 18.1 Å². The first-order chi connectivity index (χ1) is 7.58. The van der Waals surface area contributed by atoms with Crippen molar-refractivity contribution in [1.82, 2.24) is 0 Å². The summed E-state index contributed by atoms with van der Waals surface area (Å²) < 4.78 is 4.94. The molecule has 0 fully saturated rings. The third-order valence-corrected chi connectivity index (χ3v) is 2.52. The van der Waals surface area contributed by atoms with Crippen molar-refractivity contribution in [2.75, 3.05) is 12.4 Å². The molecule has 0 saturated carbocycles. The Morgan fingerprint density at radius 1 is 1.56 bits per heavy atom. The van der Waals surface area contributed by atoms with E-state index in [0.717, 1.165) is 16.8 Å². The van der Waals surface area contributed by atoms with Gasteiger partial charge in [-0.15, -0.1) is 0 Å². The van der Waals surface area contributed by atoms with Gasteiger partial charge in [-0.1, -0.05) is 12.1 Å². The van der Waals surface area contributed by atoms with E-state index in [4.69, 9.17) is 10.5 Å². The van der Waals surface area contributed by atoms with Crippen LogP contribution in [0, 0.1) is 6.92 Å². The van der Waals surface area contributed by atoms with Crippen LogP contribution in [0.2, 0.25) is 0 Å². The Bertz CT molecular complexity index is 377. The average Bonchev–Trinajstić information content (AvgIpc) is 2.30. The van der Waals surface area contributed by atoms with Crippen LogP contribution < -0.4 is 11.1 Å². The predicted molar refractivity (Wildman–Crippen MR) is 64.2 cm³/mol. The summed E-state index contributed by atoms with van der Waals surface area (Å²) in [6, 6.07) is 5.77. The van der Waals surface area contributed by atoms with E-state index >= 15 is 0 Å². The molecule has 0 aromatic heterocycles. The first-order valence-electron chi connectivity index (χ1n) is 5.21. The Labute approximate surface area is 95.8 Å². The number of anilines is 1. The van der Waals surface area contributed by atoms with Gasteiger partial charge in [-0.05, 0) is 31.0 Å². The molecule has 3 N–H and O–H groups in total. The van der Waals surface area contributed by atoms with Crippen LogP contribution >= 0.6 is 0 Å². The van der Waals surface area contributed by atoms with Crippen molar-refractivity contribution in [1.29, 1.82) is 0 Å². The summed E-state index contributed by atoms with van der Waals surface area (Å²) in [6.45, 7) is 4.10. The SMILES string of the molecule is COC(C)C(=O)Nc1cc(CN)ccc1C. The number of hydrogen-bond donors (Lipinski definition) is 2.